The van der Waals surface area contributed by atoms with E-state index in [2.05, 4.69) is 243 Å². The summed E-state index contributed by atoms with van der Waals surface area (Å²) in [5, 5.41) is 2.47. The van der Waals surface area contributed by atoms with Gasteiger partial charge in [0.25, 0.3) is 0 Å². The van der Waals surface area contributed by atoms with Crippen molar-refractivity contribution in [2.24, 2.45) is 0 Å². The van der Waals surface area contributed by atoms with Gasteiger partial charge in [0, 0.05) is 0 Å². The van der Waals surface area contributed by atoms with Crippen molar-refractivity contribution < 1.29 is 0 Å². The van der Waals surface area contributed by atoms with Gasteiger partial charge in [0.05, 0.1) is 0 Å². The molecule has 8 rings (SSSR count). The molecule has 0 fully saturated rings. The van der Waals surface area contributed by atoms with E-state index in [0.717, 1.165) is 11.1 Å². The Bertz CT molecular complexity index is 2310. The van der Waals surface area contributed by atoms with Crippen molar-refractivity contribution in [1.29, 1.82) is 0 Å². The van der Waals surface area contributed by atoms with Crippen molar-refractivity contribution in [3.8, 4) is 0 Å². The van der Waals surface area contributed by atoms with Crippen molar-refractivity contribution in [2.75, 3.05) is 0 Å². The Balaban J connectivity index is 1.03. The first-order valence-electron chi connectivity index (χ1n) is 18.5. The number of rotatable bonds is 10. The average molecular weight is 689 g/mol. The number of fused-ring (bicyclic) bond motifs is 1. The van der Waals surface area contributed by atoms with Crippen molar-refractivity contribution in [3.05, 3.63) is 262 Å². The molecule has 0 heterocycles. The zero-order valence-corrected chi connectivity index (χ0v) is 30.1. The summed E-state index contributed by atoms with van der Waals surface area (Å²) in [7, 11) is 0. The maximum absolute atomic E-state index is 2.28. The third kappa shape index (κ3) is 8.20. The fourth-order valence-electron chi connectivity index (χ4n) is 6.93. The number of hydrogen-bond acceptors (Lipinski definition) is 0. The first-order chi connectivity index (χ1) is 26.8. The topological polar surface area (TPSA) is 0 Å². The zero-order valence-electron chi connectivity index (χ0n) is 30.1. The molecule has 0 spiro atoms. The Morgan fingerprint density at radius 1 is 0.259 bits per heavy atom. The molecule has 0 amide bonds. The van der Waals surface area contributed by atoms with E-state index in [4.69, 9.17) is 0 Å². The van der Waals surface area contributed by atoms with Gasteiger partial charge < -0.3 is 0 Å². The van der Waals surface area contributed by atoms with Crippen LogP contribution in [0.1, 0.15) is 55.6 Å². The molecule has 0 aromatic heterocycles. The average Bonchev–Trinajstić information content (AvgIpc) is 3.25. The molecule has 54 heavy (non-hydrogen) atoms. The van der Waals surface area contributed by atoms with Gasteiger partial charge in [-0.05, 0) is 89.7 Å². The summed E-state index contributed by atoms with van der Waals surface area (Å²) >= 11 is 0. The molecule has 0 atom stereocenters. The smallest absolute Gasteiger partial charge is 0.00389 e. The first-order valence-corrected chi connectivity index (χ1v) is 18.5. The van der Waals surface area contributed by atoms with E-state index in [9.17, 15) is 0 Å². The molecule has 0 unspecified atom stereocenters. The zero-order chi connectivity index (χ0) is 36.4. The standard InChI is InChI=1S/C54H40/c1-5-15-45(16-6-1)52(46-17-7-2-8-18-46)39-43-31-27-41(28-32-43)35-37-50-25-13-23-49-24-14-26-51(54(49)50)38-36-42-29-33-44(34-30-42)40-53(47-19-9-3-10-20-47)48-21-11-4-12-22-48/h1-40H/b37-35-,38-36-. The number of hydrogen-bond donors (Lipinski definition) is 0. The van der Waals surface area contributed by atoms with Crippen LogP contribution in [0.25, 0.3) is 58.4 Å². The highest BCUT2D eigenvalue weighted by Gasteiger charge is 2.07. The van der Waals surface area contributed by atoms with Gasteiger partial charge in [-0.1, -0.05) is 231 Å². The third-order valence-corrected chi connectivity index (χ3v) is 9.71. The minimum absolute atomic E-state index is 1.16. The van der Waals surface area contributed by atoms with Crippen molar-refractivity contribution in [2.45, 2.75) is 0 Å². The first kappa shape index (κ1) is 34.1. The monoisotopic (exact) mass is 688 g/mol. The molecule has 256 valence electrons. The van der Waals surface area contributed by atoms with E-state index in [1.54, 1.807) is 0 Å². The van der Waals surface area contributed by atoms with Crippen LogP contribution in [-0.2, 0) is 0 Å². The fourth-order valence-corrected chi connectivity index (χ4v) is 6.93. The lowest BCUT2D eigenvalue weighted by atomic mass is 9.95. The Morgan fingerprint density at radius 2 is 0.574 bits per heavy atom. The molecule has 0 aliphatic rings. The molecule has 0 saturated heterocycles. The van der Waals surface area contributed by atoms with Crippen molar-refractivity contribution >= 4 is 58.4 Å². The van der Waals surface area contributed by atoms with Crippen molar-refractivity contribution in [1.82, 2.24) is 0 Å². The highest BCUT2D eigenvalue weighted by atomic mass is 14.1. The highest BCUT2D eigenvalue weighted by Crippen LogP contribution is 2.30. The lowest BCUT2D eigenvalue weighted by molar-refractivity contribution is 1.55. The Labute approximate surface area is 319 Å². The Kier molecular flexibility index (Phi) is 10.4. The van der Waals surface area contributed by atoms with Gasteiger partial charge in [0.2, 0.25) is 0 Å². The van der Waals surface area contributed by atoms with Gasteiger partial charge in [-0.2, -0.15) is 0 Å². The van der Waals surface area contributed by atoms with Gasteiger partial charge in [0.1, 0.15) is 0 Å². The van der Waals surface area contributed by atoms with Gasteiger partial charge in [0.15, 0.2) is 0 Å². The molecule has 8 aromatic rings. The van der Waals surface area contributed by atoms with Gasteiger partial charge >= 0.3 is 0 Å². The summed E-state index contributed by atoms with van der Waals surface area (Å²) in [5.74, 6) is 0. The summed E-state index contributed by atoms with van der Waals surface area (Å²) in [6, 6.07) is 73.1. The minimum atomic E-state index is 1.16. The van der Waals surface area contributed by atoms with E-state index in [0.29, 0.717) is 0 Å². The second-order valence-corrected chi connectivity index (χ2v) is 13.4. The van der Waals surface area contributed by atoms with E-state index in [1.165, 1.54) is 66.4 Å². The van der Waals surface area contributed by atoms with E-state index >= 15 is 0 Å². The van der Waals surface area contributed by atoms with Crippen LogP contribution < -0.4 is 0 Å². The van der Waals surface area contributed by atoms with Gasteiger partial charge in [-0.25, -0.2) is 0 Å². The largest absolute Gasteiger partial charge is 0.0622 e. The van der Waals surface area contributed by atoms with Gasteiger partial charge in [-0.3, -0.25) is 0 Å². The summed E-state index contributed by atoms with van der Waals surface area (Å²) in [6.45, 7) is 0. The van der Waals surface area contributed by atoms with Crippen LogP contribution >= 0.6 is 0 Å². The van der Waals surface area contributed by atoms with Crippen molar-refractivity contribution in [3.63, 3.8) is 0 Å². The maximum atomic E-state index is 2.28. The second kappa shape index (κ2) is 16.5. The lowest BCUT2D eigenvalue weighted by Gasteiger charge is -2.09. The summed E-state index contributed by atoms with van der Waals surface area (Å²) in [5.41, 5.74) is 14.3. The van der Waals surface area contributed by atoms with Crippen LogP contribution in [0.3, 0.4) is 0 Å². The second-order valence-electron chi connectivity index (χ2n) is 13.4. The fraction of sp³-hybridized carbons (Fsp3) is 0. The SMILES string of the molecule is C(=C(c1ccccc1)c1ccccc1)c1ccc(/C=C\c2cccc3cccc(/C=C\c4ccc(C=C(c5ccccc5)c5ccccc5)cc4)c23)cc1. The summed E-state index contributed by atoms with van der Waals surface area (Å²) in [4.78, 5) is 0. The molecule has 8 aromatic carbocycles. The molecule has 0 bridgehead atoms. The normalized spacial score (nSPS) is 11.2. The van der Waals surface area contributed by atoms with Crippen LogP contribution in [0.15, 0.2) is 206 Å². The van der Waals surface area contributed by atoms with E-state index in [1.807, 2.05) is 0 Å². The third-order valence-electron chi connectivity index (χ3n) is 9.71. The molecular formula is C54H40. The maximum Gasteiger partial charge on any atom is -0.00389 e. The lowest BCUT2D eigenvalue weighted by Crippen LogP contribution is -1.88. The Morgan fingerprint density at radius 3 is 0.907 bits per heavy atom. The molecule has 0 aliphatic carbocycles. The summed E-state index contributed by atoms with van der Waals surface area (Å²) in [6.07, 6.45) is 13.5. The molecule has 0 saturated carbocycles. The van der Waals surface area contributed by atoms with E-state index < -0.39 is 0 Å². The van der Waals surface area contributed by atoms with Crippen LogP contribution in [0.4, 0.5) is 0 Å². The molecule has 0 heteroatoms. The summed E-state index contributed by atoms with van der Waals surface area (Å²) < 4.78 is 0. The van der Waals surface area contributed by atoms with Gasteiger partial charge in [-0.15, -0.1) is 0 Å². The Hall–Kier alpha value is -7.02. The molecular weight excluding hydrogens is 649 g/mol. The quantitative estimate of drug-likeness (QED) is 0.125. The van der Waals surface area contributed by atoms with Crippen LogP contribution in [0, 0.1) is 0 Å². The van der Waals surface area contributed by atoms with E-state index in [-0.39, 0.29) is 0 Å². The molecule has 0 aliphatic heterocycles. The van der Waals surface area contributed by atoms with Crippen LogP contribution in [0.2, 0.25) is 0 Å². The predicted molar refractivity (Wildman–Crippen MR) is 234 cm³/mol. The minimum Gasteiger partial charge on any atom is -0.0622 e. The number of benzene rings is 8. The van der Waals surface area contributed by atoms with Crippen LogP contribution in [0.5, 0.6) is 0 Å². The highest BCUT2D eigenvalue weighted by molar-refractivity contribution is 6.00. The predicted octanol–water partition coefficient (Wildman–Crippen LogP) is 14.4. The van der Waals surface area contributed by atoms with Crippen LogP contribution in [-0.4, -0.2) is 0 Å². The molecule has 0 N–H and O–H groups in total. The molecule has 0 nitrogen and oxygen atoms in total. The molecule has 0 radical (unpaired) electrons.